The van der Waals surface area contributed by atoms with Crippen LogP contribution in [0.5, 0.6) is 0 Å². The maximum atomic E-state index is 12.8. The number of thioether (sulfide) groups is 1. The standard InChI is InChI=1S/C26H43N3O5S3/c1-3-15-34-22-12-9-20(10-13-22)21(16-19-7-5-4-6-8-19)11-14-23(30)28-26-27-17-25(36-26)35-18-24(31)29-37(2,32)33/h17,19-22H,3-16,18H2,1-2H3,(H,29,31)(H,27,28,30). The monoisotopic (exact) mass is 573 g/mol. The molecule has 1 unspecified atom stereocenters. The van der Waals surface area contributed by atoms with Crippen molar-refractivity contribution in [3.8, 4) is 0 Å². The molecule has 1 aromatic rings. The Bertz CT molecular complexity index is 954. The number of rotatable bonds is 14. The summed E-state index contributed by atoms with van der Waals surface area (Å²) < 4.78 is 31.0. The second kappa shape index (κ2) is 15.4. The molecule has 0 saturated heterocycles. The molecule has 1 atom stereocenters. The molecule has 2 amide bonds. The summed E-state index contributed by atoms with van der Waals surface area (Å²) in [5, 5.41) is 3.43. The molecule has 8 nitrogen and oxygen atoms in total. The van der Waals surface area contributed by atoms with E-state index in [2.05, 4.69) is 17.2 Å². The molecule has 1 heterocycles. The molecule has 2 saturated carbocycles. The average molecular weight is 574 g/mol. The van der Waals surface area contributed by atoms with E-state index in [1.807, 2.05) is 4.72 Å². The zero-order chi connectivity index (χ0) is 26.7. The van der Waals surface area contributed by atoms with E-state index in [1.165, 1.54) is 74.5 Å². The number of aromatic nitrogens is 1. The van der Waals surface area contributed by atoms with E-state index in [4.69, 9.17) is 4.74 Å². The molecule has 0 aliphatic heterocycles. The van der Waals surface area contributed by atoms with E-state index in [1.54, 1.807) is 6.20 Å². The number of carbonyl (C=O) groups is 2. The third-order valence-electron chi connectivity index (χ3n) is 7.42. The SMILES string of the molecule is CCCOC1CCC(C(CCC(=O)Nc2ncc(SCC(=O)NS(C)(=O)=O)s2)CC2CCCCC2)CC1. The van der Waals surface area contributed by atoms with Crippen molar-refractivity contribution < 1.29 is 22.7 Å². The highest BCUT2D eigenvalue weighted by molar-refractivity contribution is 8.02. The van der Waals surface area contributed by atoms with E-state index in [0.717, 1.165) is 48.7 Å². The molecule has 2 aliphatic carbocycles. The quantitative estimate of drug-likeness (QED) is 0.278. The summed E-state index contributed by atoms with van der Waals surface area (Å²) in [4.78, 5) is 28.7. The van der Waals surface area contributed by atoms with Gasteiger partial charge in [-0.3, -0.25) is 14.3 Å². The van der Waals surface area contributed by atoms with Crippen LogP contribution in [0.4, 0.5) is 5.13 Å². The third kappa shape index (κ3) is 11.6. The Morgan fingerprint density at radius 2 is 1.86 bits per heavy atom. The first kappa shape index (κ1) is 30.4. The average Bonchev–Trinajstić information content (AvgIpc) is 3.31. The molecule has 2 N–H and O–H groups in total. The molecule has 0 aromatic carbocycles. The predicted molar refractivity (Wildman–Crippen MR) is 150 cm³/mol. The Labute approximate surface area is 230 Å². The minimum Gasteiger partial charge on any atom is -0.378 e. The number of nitrogens with one attached hydrogen (secondary N) is 2. The third-order valence-corrected chi connectivity index (χ3v) is 10.1. The Hall–Kier alpha value is -1.17. The first-order valence-corrected chi connectivity index (χ1v) is 17.4. The van der Waals surface area contributed by atoms with Crippen molar-refractivity contribution in [1.29, 1.82) is 0 Å². The summed E-state index contributed by atoms with van der Waals surface area (Å²) in [7, 11) is -3.56. The van der Waals surface area contributed by atoms with Gasteiger partial charge in [0, 0.05) is 13.0 Å². The zero-order valence-electron chi connectivity index (χ0n) is 22.2. The summed E-state index contributed by atoms with van der Waals surface area (Å²) in [6.07, 6.45) is 18.1. The van der Waals surface area contributed by atoms with Gasteiger partial charge in [0.05, 0.1) is 28.5 Å². The van der Waals surface area contributed by atoms with E-state index >= 15 is 0 Å². The Balaban J connectivity index is 1.47. The number of nitrogens with zero attached hydrogens (tertiary/aromatic N) is 1. The van der Waals surface area contributed by atoms with Crippen LogP contribution in [-0.2, 0) is 24.3 Å². The largest absolute Gasteiger partial charge is 0.378 e. The van der Waals surface area contributed by atoms with Gasteiger partial charge in [0.25, 0.3) is 0 Å². The highest BCUT2D eigenvalue weighted by Gasteiger charge is 2.30. The van der Waals surface area contributed by atoms with Gasteiger partial charge in [-0.25, -0.2) is 13.4 Å². The molecule has 2 fully saturated rings. The van der Waals surface area contributed by atoms with Crippen LogP contribution < -0.4 is 10.0 Å². The van der Waals surface area contributed by atoms with E-state index in [9.17, 15) is 18.0 Å². The van der Waals surface area contributed by atoms with E-state index < -0.39 is 15.9 Å². The molecule has 210 valence electrons. The van der Waals surface area contributed by atoms with Crippen molar-refractivity contribution in [2.45, 2.75) is 101 Å². The van der Waals surface area contributed by atoms with Crippen LogP contribution in [0.1, 0.15) is 90.4 Å². The number of hydrogen-bond acceptors (Lipinski definition) is 8. The lowest BCUT2D eigenvalue weighted by molar-refractivity contribution is -0.117. The molecule has 3 rings (SSSR count). The second-order valence-electron chi connectivity index (χ2n) is 10.6. The van der Waals surface area contributed by atoms with E-state index in [0.29, 0.717) is 29.5 Å². The number of thiazole rings is 1. The lowest BCUT2D eigenvalue weighted by Crippen LogP contribution is -2.30. The van der Waals surface area contributed by atoms with Crippen LogP contribution in [-0.4, -0.2) is 49.9 Å². The summed E-state index contributed by atoms with van der Waals surface area (Å²) >= 11 is 2.49. The van der Waals surface area contributed by atoms with Crippen LogP contribution in [0.15, 0.2) is 10.4 Å². The number of ether oxygens (including phenoxy) is 1. The topological polar surface area (TPSA) is 114 Å². The second-order valence-corrected chi connectivity index (χ2v) is 14.6. The molecular weight excluding hydrogens is 531 g/mol. The predicted octanol–water partition coefficient (Wildman–Crippen LogP) is 5.60. The molecule has 11 heteroatoms. The summed E-state index contributed by atoms with van der Waals surface area (Å²) in [5.41, 5.74) is 0. The molecule has 37 heavy (non-hydrogen) atoms. The van der Waals surface area contributed by atoms with Gasteiger partial charge < -0.3 is 10.1 Å². The minimum absolute atomic E-state index is 0.0191. The van der Waals surface area contributed by atoms with Gasteiger partial charge in [-0.1, -0.05) is 50.4 Å². The van der Waals surface area contributed by atoms with Gasteiger partial charge in [-0.2, -0.15) is 0 Å². The number of hydrogen-bond donors (Lipinski definition) is 2. The fourth-order valence-electron chi connectivity index (χ4n) is 5.66. The summed E-state index contributed by atoms with van der Waals surface area (Å²) in [6, 6.07) is 0. The molecule has 2 aliphatic rings. The smallest absolute Gasteiger partial charge is 0.243 e. The fraction of sp³-hybridized carbons (Fsp3) is 0.808. The maximum Gasteiger partial charge on any atom is 0.243 e. The van der Waals surface area contributed by atoms with Crippen molar-refractivity contribution in [1.82, 2.24) is 9.71 Å². The van der Waals surface area contributed by atoms with Crippen molar-refractivity contribution in [3.63, 3.8) is 0 Å². The van der Waals surface area contributed by atoms with E-state index in [-0.39, 0.29) is 11.7 Å². The summed E-state index contributed by atoms with van der Waals surface area (Å²) in [6.45, 7) is 3.01. The number of sulfonamides is 1. The van der Waals surface area contributed by atoms with Gasteiger partial charge in [-0.15, -0.1) is 11.8 Å². The van der Waals surface area contributed by atoms with Crippen LogP contribution in [0.25, 0.3) is 0 Å². The number of amides is 2. The maximum absolute atomic E-state index is 12.8. The lowest BCUT2D eigenvalue weighted by Gasteiger charge is -2.36. The molecule has 0 spiro atoms. The van der Waals surface area contributed by atoms with Gasteiger partial charge in [0.1, 0.15) is 0 Å². The Morgan fingerprint density at radius 1 is 1.14 bits per heavy atom. The fourth-order valence-corrected chi connectivity index (χ4v) is 7.93. The number of anilines is 1. The van der Waals surface area contributed by atoms with Gasteiger partial charge in [0.15, 0.2) is 5.13 Å². The highest BCUT2D eigenvalue weighted by Crippen LogP contribution is 2.40. The van der Waals surface area contributed by atoms with Crippen molar-refractivity contribution in [2.24, 2.45) is 17.8 Å². The van der Waals surface area contributed by atoms with Gasteiger partial charge in [-0.05, 0) is 62.7 Å². The van der Waals surface area contributed by atoms with Crippen molar-refractivity contribution >= 4 is 50.1 Å². The highest BCUT2D eigenvalue weighted by atomic mass is 32.2. The Morgan fingerprint density at radius 3 is 2.54 bits per heavy atom. The van der Waals surface area contributed by atoms with Crippen LogP contribution in [0.2, 0.25) is 0 Å². The summed E-state index contributed by atoms with van der Waals surface area (Å²) in [5.74, 6) is 1.43. The van der Waals surface area contributed by atoms with Crippen LogP contribution >= 0.6 is 23.1 Å². The first-order chi connectivity index (χ1) is 17.7. The number of carbonyl (C=O) groups excluding carboxylic acids is 2. The van der Waals surface area contributed by atoms with Crippen LogP contribution in [0.3, 0.4) is 0 Å². The molecule has 0 bridgehead atoms. The first-order valence-electron chi connectivity index (χ1n) is 13.7. The van der Waals surface area contributed by atoms with Crippen LogP contribution in [0, 0.1) is 17.8 Å². The normalized spacial score (nSPS) is 21.9. The molecule has 1 aromatic heterocycles. The zero-order valence-corrected chi connectivity index (χ0v) is 24.7. The Kier molecular flexibility index (Phi) is 12.7. The minimum atomic E-state index is -3.56. The molecule has 0 radical (unpaired) electrons. The molecular formula is C26H43N3O5S3. The lowest BCUT2D eigenvalue weighted by atomic mass is 9.71. The van der Waals surface area contributed by atoms with Gasteiger partial charge in [0.2, 0.25) is 21.8 Å². The van der Waals surface area contributed by atoms with Gasteiger partial charge >= 0.3 is 0 Å². The van der Waals surface area contributed by atoms with Crippen molar-refractivity contribution in [2.75, 3.05) is 23.9 Å². The van der Waals surface area contributed by atoms with Crippen molar-refractivity contribution in [3.05, 3.63) is 6.20 Å².